The second-order valence-electron chi connectivity index (χ2n) is 9.58. The average molecular weight is 516 g/mol. The molecule has 4 aromatic carbocycles. The Balaban J connectivity index is 1.35. The standard InChI is InChI=1S/C34H29NO4/c36-34(35-30-15-8-7-14-27(30)17-20-31(35)32-16-9-21-37-32)29-19-18-28(38-23-25-10-3-1-4-11-25)22-33(29)39-24-26-12-5-2-6-13-26/h1-16,18-19,21-22,31H,17,20,23-24H2. The van der Waals surface area contributed by atoms with Gasteiger partial charge in [-0.05, 0) is 59.9 Å². The lowest BCUT2D eigenvalue weighted by Crippen LogP contribution is -2.38. The molecule has 0 radical (unpaired) electrons. The summed E-state index contributed by atoms with van der Waals surface area (Å²) in [7, 11) is 0. The van der Waals surface area contributed by atoms with E-state index in [1.165, 1.54) is 0 Å². The molecule has 1 aliphatic heterocycles. The van der Waals surface area contributed by atoms with Crippen LogP contribution in [0.4, 0.5) is 5.69 Å². The lowest BCUT2D eigenvalue weighted by molar-refractivity contribution is 0.0964. The molecule has 0 N–H and O–H groups in total. The van der Waals surface area contributed by atoms with Crippen molar-refractivity contribution < 1.29 is 18.7 Å². The number of anilines is 1. The van der Waals surface area contributed by atoms with Gasteiger partial charge in [-0.3, -0.25) is 9.69 Å². The van der Waals surface area contributed by atoms with Crippen molar-refractivity contribution in [2.75, 3.05) is 4.90 Å². The average Bonchev–Trinajstić information content (AvgIpc) is 3.54. The van der Waals surface area contributed by atoms with Gasteiger partial charge < -0.3 is 13.9 Å². The van der Waals surface area contributed by atoms with Gasteiger partial charge in [-0.25, -0.2) is 0 Å². The number of furan rings is 1. The van der Waals surface area contributed by atoms with Crippen molar-refractivity contribution in [3.63, 3.8) is 0 Å². The third kappa shape index (κ3) is 5.43. The fourth-order valence-corrected chi connectivity index (χ4v) is 5.04. The van der Waals surface area contributed by atoms with Gasteiger partial charge in [-0.15, -0.1) is 0 Å². The first kappa shape index (κ1) is 24.6. The maximum absolute atomic E-state index is 14.4. The summed E-state index contributed by atoms with van der Waals surface area (Å²) >= 11 is 0. The Kier molecular flexibility index (Phi) is 7.13. The molecule has 194 valence electrons. The van der Waals surface area contributed by atoms with Gasteiger partial charge >= 0.3 is 0 Å². The smallest absolute Gasteiger partial charge is 0.262 e. The molecule has 1 atom stereocenters. The fraction of sp³-hybridized carbons (Fsp3) is 0.147. The van der Waals surface area contributed by atoms with Gasteiger partial charge in [0.15, 0.2) is 0 Å². The van der Waals surface area contributed by atoms with Crippen molar-refractivity contribution in [1.29, 1.82) is 0 Å². The molecule has 5 nitrogen and oxygen atoms in total. The molecule has 0 saturated heterocycles. The molecule has 5 heteroatoms. The highest BCUT2D eigenvalue weighted by Gasteiger charge is 2.35. The lowest BCUT2D eigenvalue weighted by atomic mass is 9.93. The number of carbonyl (C=O) groups is 1. The SMILES string of the molecule is O=C(c1ccc(OCc2ccccc2)cc1OCc1ccccc1)N1c2ccccc2CCC1c1ccco1. The van der Waals surface area contributed by atoms with Crippen LogP contribution in [0, 0.1) is 0 Å². The summed E-state index contributed by atoms with van der Waals surface area (Å²) < 4.78 is 18.2. The van der Waals surface area contributed by atoms with Crippen molar-refractivity contribution >= 4 is 11.6 Å². The molecule has 0 aliphatic carbocycles. The minimum atomic E-state index is -0.210. The van der Waals surface area contributed by atoms with Crippen LogP contribution in [0.2, 0.25) is 0 Å². The number of fused-ring (bicyclic) bond motifs is 1. The second kappa shape index (κ2) is 11.3. The monoisotopic (exact) mass is 515 g/mol. The van der Waals surface area contributed by atoms with E-state index >= 15 is 0 Å². The molecule has 1 unspecified atom stereocenters. The Morgan fingerprint density at radius 2 is 1.46 bits per heavy atom. The van der Waals surface area contributed by atoms with Gasteiger partial charge in [0.1, 0.15) is 30.5 Å². The highest BCUT2D eigenvalue weighted by Crippen LogP contribution is 2.41. The van der Waals surface area contributed by atoms with E-state index in [9.17, 15) is 4.79 Å². The van der Waals surface area contributed by atoms with E-state index < -0.39 is 0 Å². The van der Waals surface area contributed by atoms with E-state index in [4.69, 9.17) is 13.9 Å². The molecular formula is C34H29NO4. The number of benzene rings is 4. The summed E-state index contributed by atoms with van der Waals surface area (Å²) in [5.41, 5.74) is 4.60. The maximum Gasteiger partial charge on any atom is 0.262 e. The summed E-state index contributed by atoms with van der Waals surface area (Å²) in [6, 6.07) is 37.1. The van der Waals surface area contributed by atoms with Crippen LogP contribution in [-0.2, 0) is 19.6 Å². The molecule has 0 saturated carbocycles. The maximum atomic E-state index is 14.4. The van der Waals surface area contributed by atoms with Gasteiger partial charge in [0.25, 0.3) is 5.91 Å². The number of nitrogens with zero attached hydrogens (tertiary/aromatic N) is 1. The summed E-state index contributed by atoms with van der Waals surface area (Å²) in [5.74, 6) is 1.75. The first-order valence-corrected chi connectivity index (χ1v) is 13.2. The zero-order chi connectivity index (χ0) is 26.4. The number of ether oxygens (including phenoxy) is 2. The summed E-state index contributed by atoms with van der Waals surface area (Å²) in [6.07, 6.45) is 3.30. The summed E-state index contributed by atoms with van der Waals surface area (Å²) in [5, 5.41) is 0. The fourth-order valence-electron chi connectivity index (χ4n) is 5.04. The number of carbonyl (C=O) groups excluding carboxylic acids is 1. The van der Waals surface area contributed by atoms with Gasteiger partial charge in [-0.1, -0.05) is 78.9 Å². The van der Waals surface area contributed by atoms with Crippen molar-refractivity contribution in [1.82, 2.24) is 0 Å². The number of aryl methyl sites for hydroxylation is 1. The van der Waals surface area contributed by atoms with Crippen molar-refractivity contribution in [3.8, 4) is 11.5 Å². The van der Waals surface area contributed by atoms with Crippen LogP contribution in [0.3, 0.4) is 0 Å². The van der Waals surface area contributed by atoms with Gasteiger partial charge in [0.05, 0.1) is 17.9 Å². The Labute approximate surface area is 228 Å². The minimum absolute atomic E-state index is 0.138. The molecule has 6 rings (SSSR count). The third-order valence-corrected chi connectivity index (χ3v) is 7.01. The van der Waals surface area contributed by atoms with E-state index in [1.807, 2.05) is 108 Å². The molecule has 1 aromatic heterocycles. The van der Waals surface area contributed by atoms with Gasteiger partial charge in [0, 0.05) is 11.8 Å². The summed E-state index contributed by atoms with van der Waals surface area (Å²) in [4.78, 5) is 16.2. The van der Waals surface area contributed by atoms with Crippen LogP contribution in [0.25, 0.3) is 0 Å². The van der Waals surface area contributed by atoms with Crippen LogP contribution in [0.1, 0.15) is 45.3 Å². The Morgan fingerprint density at radius 1 is 0.769 bits per heavy atom. The number of hydrogen-bond acceptors (Lipinski definition) is 4. The molecule has 0 spiro atoms. The topological polar surface area (TPSA) is 51.9 Å². The van der Waals surface area contributed by atoms with E-state index in [0.717, 1.165) is 41.0 Å². The molecule has 0 bridgehead atoms. The number of rotatable bonds is 8. The predicted octanol–water partition coefficient (Wildman–Crippen LogP) is 7.77. The first-order chi connectivity index (χ1) is 19.3. The lowest BCUT2D eigenvalue weighted by Gasteiger charge is -2.36. The highest BCUT2D eigenvalue weighted by atomic mass is 16.5. The Hall–Kier alpha value is -4.77. The first-order valence-electron chi connectivity index (χ1n) is 13.2. The van der Waals surface area contributed by atoms with Crippen LogP contribution >= 0.6 is 0 Å². The number of amides is 1. The molecule has 2 heterocycles. The highest BCUT2D eigenvalue weighted by molar-refractivity contribution is 6.09. The van der Waals surface area contributed by atoms with Crippen LogP contribution in [-0.4, -0.2) is 5.91 Å². The van der Waals surface area contributed by atoms with Crippen LogP contribution < -0.4 is 14.4 Å². The van der Waals surface area contributed by atoms with E-state index in [0.29, 0.717) is 30.3 Å². The molecule has 0 fully saturated rings. The molecule has 1 aliphatic rings. The summed E-state index contributed by atoms with van der Waals surface area (Å²) in [6.45, 7) is 0.758. The van der Waals surface area contributed by atoms with Crippen molar-refractivity contribution in [2.24, 2.45) is 0 Å². The van der Waals surface area contributed by atoms with Gasteiger partial charge in [0.2, 0.25) is 0 Å². The largest absolute Gasteiger partial charge is 0.489 e. The number of hydrogen-bond donors (Lipinski definition) is 0. The van der Waals surface area contributed by atoms with E-state index in [-0.39, 0.29) is 11.9 Å². The van der Waals surface area contributed by atoms with Gasteiger partial charge in [-0.2, -0.15) is 0 Å². The van der Waals surface area contributed by atoms with Crippen molar-refractivity contribution in [2.45, 2.75) is 32.1 Å². The van der Waals surface area contributed by atoms with Crippen molar-refractivity contribution in [3.05, 3.63) is 150 Å². The van der Waals surface area contributed by atoms with E-state index in [2.05, 4.69) is 6.07 Å². The normalized spacial score (nSPS) is 14.5. The zero-order valence-corrected chi connectivity index (χ0v) is 21.5. The Morgan fingerprint density at radius 3 is 2.18 bits per heavy atom. The predicted molar refractivity (Wildman–Crippen MR) is 151 cm³/mol. The zero-order valence-electron chi connectivity index (χ0n) is 21.5. The number of para-hydroxylation sites is 1. The molecular weight excluding hydrogens is 486 g/mol. The molecule has 39 heavy (non-hydrogen) atoms. The van der Waals surface area contributed by atoms with E-state index in [1.54, 1.807) is 12.3 Å². The second-order valence-corrected chi connectivity index (χ2v) is 9.58. The third-order valence-electron chi connectivity index (χ3n) is 7.01. The molecule has 1 amide bonds. The molecule has 5 aromatic rings. The van der Waals surface area contributed by atoms with Crippen LogP contribution in [0.15, 0.2) is 126 Å². The quantitative estimate of drug-likeness (QED) is 0.212. The Bertz CT molecular complexity index is 1530. The van der Waals surface area contributed by atoms with Crippen LogP contribution in [0.5, 0.6) is 11.5 Å². The minimum Gasteiger partial charge on any atom is -0.489 e.